The van der Waals surface area contributed by atoms with E-state index in [1.807, 2.05) is 6.07 Å². The number of hydrogen-bond donors (Lipinski definition) is 2. The van der Waals surface area contributed by atoms with Crippen molar-refractivity contribution in [2.24, 2.45) is 0 Å². The molecule has 0 aromatic heterocycles. The average Bonchev–Trinajstić information content (AvgIpc) is 2.64. The van der Waals surface area contributed by atoms with Gasteiger partial charge in [-0.05, 0) is 43.3 Å². The number of rotatable bonds is 7. The van der Waals surface area contributed by atoms with Gasteiger partial charge in [0.05, 0.1) is 5.56 Å². The summed E-state index contributed by atoms with van der Waals surface area (Å²) in [6, 6.07) is 15.4. The Morgan fingerprint density at radius 3 is 2.31 bits per heavy atom. The lowest BCUT2D eigenvalue weighted by atomic mass is 10.2. The Morgan fingerprint density at radius 1 is 1.08 bits per heavy atom. The van der Waals surface area contributed by atoms with Gasteiger partial charge in [-0.1, -0.05) is 12.1 Å². The third-order valence-electron chi connectivity index (χ3n) is 3.39. The number of carbonyl (C=O) groups excluding carboxylic acids is 2. The smallest absolute Gasteiger partial charge is 0.265 e. The first-order valence-corrected chi connectivity index (χ1v) is 7.89. The fraction of sp³-hybridized carbons (Fsp3) is 0.211. The molecule has 0 heterocycles. The van der Waals surface area contributed by atoms with Gasteiger partial charge in [0.15, 0.2) is 6.10 Å². The predicted molar refractivity (Wildman–Crippen MR) is 96.8 cm³/mol. The second kappa shape index (κ2) is 9.20. The van der Waals surface area contributed by atoms with Crippen molar-refractivity contribution in [1.82, 2.24) is 0 Å². The molecule has 134 valence electrons. The van der Waals surface area contributed by atoms with Gasteiger partial charge < -0.3 is 20.1 Å². The molecule has 0 aliphatic rings. The van der Waals surface area contributed by atoms with Crippen LogP contribution in [0.3, 0.4) is 0 Å². The molecule has 2 aromatic rings. The molecule has 1 unspecified atom stereocenters. The minimum absolute atomic E-state index is 0.0302. The van der Waals surface area contributed by atoms with Crippen LogP contribution in [0.2, 0.25) is 0 Å². The fourth-order valence-corrected chi connectivity index (χ4v) is 2.11. The maximum atomic E-state index is 12.3. The van der Waals surface area contributed by atoms with Gasteiger partial charge in [-0.3, -0.25) is 9.59 Å². The van der Waals surface area contributed by atoms with Gasteiger partial charge in [0, 0.05) is 18.5 Å². The topological polar surface area (TPSA) is 100 Å². The number of nitrogens with zero attached hydrogens (tertiary/aromatic N) is 1. The summed E-state index contributed by atoms with van der Waals surface area (Å²) in [7, 11) is 1.44. The van der Waals surface area contributed by atoms with Crippen LogP contribution in [-0.2, 0) is 14.3 Å². The normalized spacial score (nSPS) is 11.1. The van der Waals surface area contributed by atoms with Crippen molar-refractivity contribution in [3.05, 3.63) is 54.1 Å². The number of ether oxygens (including phenoxy) is 2. The lowest BCUT2D eigenvalue weighted by molar-refractivity contribution is -0.122. The second-order valence-corrected chi connectivity index (χ2v) is 5.42. The number of nitriles is 1. The van der Waals surface area contributed by atoms with Crippen LogP contribution < -0.4 is 15.4 Å². The number of carbonyl (C=O) groups is 2. The van der Waals surface area contributed by atoms with Crippen LogP contribution in [0.1, 0.15) is 12.5 Å². The first kappa shape index (κ1) is 19.0. The molecule has 0 radical (unpaired) electrons. The first-order chi connectivity index (χ1) is 12.5. The SMILES string of the molecule is COCC(=O)Nc1ccc(NC(=O)C(C)Oc2ccccc2C#N)cc1. The van der Waals surface area contributed by atoms with Crippen LogP contribution in [0.5, 0.6) is 5.75 Å². The van der Waals surface area contributed by atoms with E-state index in [1.165, 1.54) is 7.11 Å². The maximum absolute atomic E-state index is 12.3. The summed E-state index contributed by atoms with van der Waals surface area (Å²) in [5, 5.41) is 14.4. The lowest BCUT2D eigenvalue weighted by Gasteiger charge is -2.15. The van der Waals surface area contributed by atoms with Crippen molar-refractivity contribution in [3.63, 3.8) is 0 Å². The fourth-order valence-electron chi connectivity index (χ4n) is 2.11. The van der Waals surface area contributed by atoms with E-state index in [9.17, 15) is 9.59 Å². The van der Waals surface area contributed by atoms with Gasteiger partial charge in [0.2, 0.25) is 5.91 Å². The first-order valence-electron chi connectivity index (χ1n) is 7.89. The Labute approximate surface area is 151 Å². The van der Waals surface area contributed by atoms with Gasteiger partial charge in [0.25, 0.3) is 5.91 Å². The van der Waals surface area contributed by atoms with E-state index in [1.54, 1.807) is 55.5 Å². The summed E-state index contributed by atoms with van der Waals surface area (Å²) in [6.45, 7) is 1.57. The molecule has 0 spiro atoms. The van der Waals surface area contributed by atoms with E-state index in [2.05, 4.69) is 10.6 Å². The van der Waals surface area contributed by atoms with Crippen molar-refractivity contribution in [3.8, 4) is 11.8 Å². The van der Waals surface area contributed by atoms with Crippen molar-refractivity contribution < 1.29 is 19.1 Å². The van der Waals surface area contributed by atoms with Crippen molar-refractivity contribution in [2.45, 2.75) is 13.0 Å². The molecule has 0 bridgehead atoms. The van der Waals surface area contributed by atoms with Crippen LogP contribution >= 0.6 is 0 Å². The van der Waals surface area contributed by atoms with E-state index >= 15 is 0 Å². The zero-order valence-corrected chi connectivity index (χ0v) is 14.5. The highest BCUT2D eigenvalue weighted by Gasteiger charge is 2.16. The molecule has 0 saturated carbocycles. The van der Waals surface area contributed by atoms with E-state index in [0.717, 1.165) is 0 Å². The molecule has 2 amide bonds. The van der Waals surface area contributed by atoms with Crippen molar-refractivity contribution in [2.75, 3.05) is 24.4 Å². The molecular weight excluding hydrogens is 334 g/mol. The van der Waals surface area contributed by atoms with Crippen molar-refractivity contribution in [1.29, 1.82) is 5.26 Å². The minimum Gasteiger partial charge on any atom is -0.480 e. The minimum atomic E-state index is -0.786. The molecule has 1 atom stereocenters. The molecule has 26 heavy (non-hydrogen) atoms. The van der Waals surface area contributed by atoms with E-state index < -0.39 is 6.10 Å². The Hall–Kier alpha value is -3.37. The number of nitrogens with one attached hydrogen (secondary N) is 2. The van der Waals surface area contributed by atoms with Gasteiger partial charge in [0.1, 0.15) is 18.4 Å². The summed E-state index contributed by atoms with van der Waals surface area (Å²) in [5.41, 5.74) is 1.52. The Kier molecular flexibility index (Phi) is 6.71. The second-order valence-electron chi connectivity index (χ2n) is 5.42. The molecule has 0 fully saturated rings. The summed E-state index contributed by atoms with van der Waals surface area (Å²) in [4.78, 5) is 23.7. The molecule has 0 saturated heterocycles. The highest BCUT2D eigenvalue weighted by molar-refractivity contribution is 5.95. The number of amides is 2. The number of para-hydroxylation sites is 1. The molecule has 7 heteroatoms. The maximum Gasteiger partial charge on any atom is 0.265 e. The molecule has 0 aliphatic heterocycles. The molecule has 0 aliphatic carbocycles. The van der Waals surface area contributed by atoms with Gasteiger partial charge in [-0.25, -0.2) is 0 Å². The van der Waals surface area contributed by atoms with Crippen LogP contribution in [-0.4, -0.2) is 31.6 Å². The summed E-state index contributed by atoms with van der Waals surface area (Å²) >= 11 is 0. The van der Waals surface area contributed by atoms with Gasteiger partial charge >= 0.3 is 0 Å². The number of methoxy groups -OCH3 is 1. The Morgan fingerprint density at radius 2 is 1.69 bits per heavy atom. The molecule has 2 N–H and O–H groups in total. The molecule has 7 nitrogen and oxygen atoms in total. The number of benzene rings is 2. The largest absolute Gasteiger partial charge is 0.480 e. The summed E-state index contributed by atoms with van der Waals surface area (Å²) in [5.74, 6) is -0.259. The van der Waals surface area contributed by atoms with E-state index in [0.29, 0.717) is 22.7 Å². The highest BCUT2D eigenvalue weighted by atomic mass is 16.5. The Bertz CT molecular complexity index is 812. The van der Waals surface area contributed by atoms with E-state index in [-0.39, 0.29) is 18.4 Å². The third kappa shape index (κ3) is 5.33. The zero-order valence-electron chi connectivity index (χ0n) is 14.5. The lowest BCUT2D eigenvalue weighted by Crippen LogP contribution is -2.30. The monoisotopic (exact) mass is 353 g/mol. The van der Waals surface area contributed by atoms with Crippen LogP contribution in [0.15, 0.2) is 48.5 Å². The van der Waals surface area contributed by atoms with Crippen LogP contribution in [0.25, 0.3) is 0 Å². The predicted octanol–water partition coefficient (Wildman–Crippen LogP) is 2.55. The van der Waals surface area contributed by atoms with E-state index in [4.69, 9.17) is 14.7 Å². The molecule has 2 aromatic carbocycles. The summed E-state index contributed by atoms with van der Waals surface area (Å²) < 4.78 is 10.3. The quantitative estimate of drug-likeness (QED) is 0.797. The average molecular weight is 353 g/mol. The highest BCUT2D eigenvalue weighted by Crippen LogP contribution is 2.19. The molecule has 2 rings (SSSR count). The third-order valence-corrected chi connectivity index (χ3v) is 3.39. The van der Waals surface area contributed by atoms with Crippen molar-refractivity contribution >= 4 is 23.2 Å². The van der Waals surface area contributed by atoms with Crippen LogP contribution in [0, 0.1) is 11.3 Å². The van der Waals surface area contributed by atoms with Gasteiger partial charge in [-0.15, -0.1) is 0 Å². The molecular formula is C19H19N3O4. The number of hydrogen-bond acceptors (Lipinski definition) is 5. The number of anilines is 2. The summed E-state index contributed by atoms with van der Waals surface area (Å²) in [6.07, 6.45) is -0.786. The van der Waals surface area contributed by atoms with Gasteiger partial charge in [-0.2, -0.15) is 5.26 Å². The standard InChI is InChI=1S/C19H19N3O4/c1-13(26-17-6-4-3-5-14(17)11-20)19(24)22-16-9-7-15(8-10-16)21-18(23)12-25-2/h3-10,13H,12H2,1-2H3,(H,21,23)(H,22,24). The zero-order chi connectivity index (χ0) is 18.9. The Balaban J connectivity index is 1.94. The van der Waals surface area contributed by atoms with Crippen LogP contribution in [0.4, 0.5) is 11.4 Å².